The van der Waals surface area contributed by atoms with Gasteiger partial charge in [0.1, 0.15) is 5.82 Å². The number of rotatable bonds is 3. The second-order valence-electron chi connectivity index (χ2n) is 3.31. The Kier molecular flexibility index (Phi) is 3.06. The molecule has 0 spiro atoms. The van der Waals surface area contributed by atoms with Crippen molar-refractivity contribution in [3.05, 3.63) is 40.9 Å². The van der Waals surface area contributed by atoms with Crippen molar-refractivity contribution in [3.8, 4) is 5.69 Å². The Bertz CT molecular complexity index is 570. The van der Waals surface area contributed by atoms with Crippen molar-refractivity contribution in [2.24, 2.45) is 0 Å². The van der Waals surface area contributed by atoms with E-state index in [2.05, 4.69) is 10.3 Å². The van der Waals surface area contributed by atoms with Gasteiger partial charge in [0.2, 0.25) is 0 Å². The molecule has 1 N–H and O–H groups in total. The summed E-state index contributed by atoms with van der Waals surface area (Å²) in [7, 11) is 0. The minimum atomic E-state index is -0.998. The van der Waals surface area contributed by atoms with Crippen LogP contribution in [0.1, 0.15) is 5.69 Å². The fourth-order valence-corrected chi connectivity index (χ4v) is 1.54. The zero-order valence-electron chi connectivity index (χ0n) is 8.47. The standard InChI is InChI=1S/C10H7ClFN3O2/c11-8-3-6(1-2-9(8)12)15-7(4-10(16)17)5-13-14-15/h1-3,5H,4H2,(H,16,17). The van der Waals surface area contributed by atoms with Crippen LogP contribution in [0.2, 0.25) is 5.02 Å². The summed E-state index contributed by atoms with van der Waals surface area (Å²) >= 11 is 5.64. The van der Waals surface area contributed by atoms with Crippen molar-refractivity contribution in [2.45, 2.75) is 6.42 Å². The Morgan fingerprint density at radius 1 is 1.53 bits per heavy atom. The maximum Gasteiger partial charge on any atom is 0.309 e. The van der Waals surface area contributed by atoms with Gasteiger partial charge in [-0.2, -0.15) is 0 Å². The summed E-state index contributed by atoms with van der Waals surface area (Å²) in [5.74, 6) is -1.54. The van der Waals surface area contributed by atoms with E-state index in [-0.39, 0.29) is 11.4 Å². The molecule has 2 aromatic rings. The van der Waals surface area contributed by atoms with Crippen LogP contribution in [0.15, 0.2) is 24.4 Å². The summed E-state index contributed by atoms with van der Waals surface area (Å²) in [4.78, 5) is 10.6. The van der Waals surface area contributed by atoms with Gasteiger partial charge in [-0.3, -0.25) is 4.79 Å². The van der Waals surface area contributed by atoms with Crippen LogP contribution in [0.25, 0.3) is 5.69 Å². The molecular weight excluding hydrogens is 249 g/mol. The lowest BCUT2D eigenvalue weighted by Crippen LogP contribution is -2.08. The molecule has 0 aliphatic heterocycles. The largest absolute Gasteiger partial charge is 0.481 e. The van der Waals surface area contributed by atoms with E-state index in [1.54, 1.807) is 0 Å². The first-order valence-electron chi connectivity index (χ1n) is 4.64. The predicted octanol–water partition coefficient (Wildman–Crippen LogP) is 1.69. The maximum absolute atomic E-state index is 13.0. The van der Waals surface area contributed by atoms with Crippen molar-refractivity contribution < 1.29 is 14.3 Å². The van der Waals surface area contributed by atoms with Crippen LogP contribution in [-0.4, -0.2) is 26.1 Å². The molecule has 0 saturated carbocycles. The van der Waals surface area contributed by atoms with Crippen LogP contribution in [0.3, 0.4) is 0 Å². The maximum atomic E-state index is 13.0. The second kappa shape index (κ2) is 4.50. The van der Waals surface area contributed by atoms with Crippen LogP contribution in [0.5, 0.6) is 0 Å². The summed E-state index contributed by atoms with van der Waals surface area (Å²) in [6.07, 6.45) is 1.12. The molecule has 0 amide bonds. The molecule has 0 aliphatic carbocycles. The number of aromatic nitrogens is 3. The molecular formula is C10H7ClFN3O2. The average Bonchev–Trinajstić information content (AvgIpc) is 2.69. The zero-order valence-corrected chi connectivity index (χ0v) is 9.23. The summed E-state index contributed by atoms with van der Waals surface area (Å²) in [5, 5.41) is 16.0. The van der Waals surface area contributed by atoms with Crippen LogP contribution in [0.4, 0.5) is 4.39 Å². The van der Waals surface area contributed by atoms with Gasteiger partial charge in [-0.1, -0.05) is 16.8 Å². The number of aliphatic carboxylic acids is 1. The molecule has 0 saturated heterocycles. The van der Waals surface area contributed by atoms with E-state index in [0.717, 1.165) is 0 Å². The first kappa shape index (κ1) is 11.5. The number of nitrogens with zero attached hydrogens (tertiary/aromatic N) is 3. The third-order valence-corrected chi connectivity index (χ3v) is 2.39. The Hall–Kier alpha value is -1.95. The predicted molar refractivity (Wildman–Crippen MR) is 57.7 cm³/mol. The molecule has 17 heavy (non-hydrogen) atoms. The van der Waals surface area contributed by atoms with Crippen LogP contribution >= 0.6 is 11.6 Å². The van der Waals surface area contributed by atoms with Gasteiger partial charge in [-0.15, -0.1) is 5.10 Å². The highest BCUT2D eigenvalue weighted by molar-refractivity contribution is 6.30. The zero-order chi connectivity index (χ0) is 12.4. The number of carboxylic acid groups (broad SMARTS) is 1. The molecule has 1 aromatic heterocycles. The average molecular weight is 256 g/mol. The van der Waals surface area contributed by atoms with Gasteiger partial charge in [0.25, 0.3) is 0 Å². The molecule has 0 radical (unpaired) electrons. The molecule has 0 bridgehead atoms. The van der Waals surface area contributed by atoms with Gasteiger partial charge in [0, 0.05) is 0 Å². The topological polar surface area (TPSA) is 68.0 Å². The summed E-state index contributed by atoms with van der Waals surface area (Å²) < 4.78 is 14.3. The Morgan fingerprint density at radius 2 is 2.29 bits per heavy atom. The molecule has 0 atom stereocenters. The van der Waals surface area contributed by atoms with E-state index >= 15 is 0 Å². The van der Waals surface area contributed by atoms with Crippen molar-refractivity contribution >= 4 is 17.6 Å². The Morgan fingerprint density at radius 3 is 2.94 bits per heavy atom. The number of halogens is 2. The molecule has 1 heterocycles. The molecule has 7 heteroatoms. The van der Waals surface area contributed by atoms with E-state index < -0.39 is 11.8 Å². The van der Waals surface area contributed by atoms with Crippen molar-refractivity contribution in [2.75, 3.05) is 0 Å². The first-order chi connectivity index (χ1) is 8.08. The van der Waals surface area contributed by atoms with Crippen LogP contribution in [0, 0.1) is 5.82 Å². The summed E-state index contributed by atoms with van der Waals surface area (Å²) in [6.45, 7) is 0. The smallest absolute Gasteiger partial charge is 0.309 e. The molecule has 5 nitrogen and oxygen atoms in total. The molecule has 0 fully saturated rings. The normalized spacial score (nSPS) is 10.5. The molecule has 2 rings (SSSR count). The minimum absolute atomic E-state index is 0.0562. The highest BCUT2D eigenvalue weighted by atomic mass is 35.5. The van der Waals surface area contributed by atoms with Gasteiger partial charge in [-0.05, 0) is 18.2 Å². The molecule has 0 aliphatic rings. The van der Waals surface area contributed by atoms with Gasteiger partial charge < -0.3 is 5.11 Å². The summed E-state index contributed by atoms with van der Waals surface area (Å²) in [5.41, 5.74) is 0.852. The van der Waals surface area contributed by atoms with Crippen molar-refractivity contribution in [3.63, 3.8) is 0 Å². The fraction of sp³-hybridized carbons (Fsp3) is 0.100. The lowest BCUT2D eigenvalue weighted by molar-refractivity contribution is -0.136. The number of benzene rings is 1. The quantitative estimate of drug-likeness (QED) is 0.906. The Labute approximate surface area is 100 Å². The van der Waals surface area contributed by atoms with Gasteiger partial charge in [0.15, 0.2) is 0 Å². The van der Waals surface area contributed by atoms with Gasteiger partial charge in [0.05, 0.1) is 29.0 Å². The van der Waals surface area contributed by atoms with E-state index in [0.29, 0.717) is 11.4 Å². The number of carbonyl (C=O) groups is 1. The van der Waals surface area contributed by atoms with Crippen molar-refractivity contribution in [1.82, 2.24) is 15.0 Å². The molecule has 88 valence electrons. The molecule has 0 unspecified atom stereocenters. The van der Waals surface area contributed by atoms with Gasteiger partial charge >= 0.3 is 5.97 Å². The monoisotopic (exact) mass is 255 g/mol. The number of hydrogen-bond donors (Lipinski definition) is 1. The third kappa shape index (κ3) is 2.42. The second-order valence-corrected chi connectivity index (χ2v) is 3.71. The first-order valence-corrected chi connectivity index (χ1v) is 5.02. The lowest BCUT2D eigenvalue weighted by atomic mass is 10.3. The minimum Gasteiger partial charge on any atom is -0.481 e. The Balaban J connectivity index is 2.42. The fourth-order valence-electron chi connectivity index (χ4n) is 1.37. The van der Waals surface area contributed by atoms with E-state index in [4.69, 9.17) is 16.7 Å². The van der Waals surface area contributed by atoms with Gasteiger partial charge in [-0.25, -0.2) is 9.07 Å². The lowest BCUT2D eigenvalue weighted by Gasteiger charge is -2.05. The summed E-state index contributed by atoms with van der Waals surface area (Å²) in [6, 6.07) is 3.99. The number of hydrogen-bond acceptors (Lipinski definition) is 3. The van der Waals surface area contributed by atoms with Crippen LogP contribution < -0.4 is 0 Å². The molecule has 1 aromatic carbocycles. The highest BCUT2D eigenvalue weighted by Crippen LogP contribution is 2.19. The van der Waals surface area contributed by atoms with Crippen LogP contribution in [-0.2, 0) is 11.2 Å². The third-order valence-electron chi connectivity index (χ3n) is 2.10. The highest BCUT2D eigenvalue weighted by Gasteiger charge is 2.11. The van der Waals surface area contributed by atoms with Crippen molar-refractivity contribution in [1.29, 1.82) is 0 Å². The van der Waals surface area contributed by atoms with E-state index in [1.165, 1.54) is 29.1 Å². The van der Waals surface area contributed by atoms with E-state index in [9.17, 15) is 9.18 Å². The SMILES string of the molecule is O=C(O)Cc1cnnn1-c1ccc(F)c(Cl)c1. The van der Waals surface area contributed by atoms with E-state index in [1.807, 2.05) is 0 Å². The number of carboxylic acids is 1.